The van der Waals surface area contributed by atoms with Crippen LogP contribution in [0.25, 0.3) is 11.1 Å². The lowest BCUT2D eigenvalue weighted by atomic mass is 9.98. The van der Waals surface area contributed by atoms with E-state index in [1.807, 2.05) is 36.4 Å². The number of carbonyl (C=O) groups is 3. The number of nitrogens with one attached hydrogen (secondary N) is 1. The highest BCUT2D eigenvalue weighted by molar-refractivity contribution is 5.93. The van der Waals surface area contributed by atoms with E-state index in [1.54, 1.807) is 0 Å². The maximum atomic E-state index is 12.4. The summed E-state index contributed by atoms with van der Waals surface area (Å²) >= 11 is 0. The molecule has 9 heteroatoms. The lowest BCUT2D eigenvalue weighted by Crippen LogP contribution is -2.30. The molecule has 0 fully saturated rings. The van der Waals surface area contributed by atoms with Gasteiger partial charge in [-0.05, 0) is 34.4 Å². The highest BCUT2D eigenvalue weighted by Gasteiger charge is 2.29. The fourth-order valence-corrected chi connectivity index (χ4v) is 3.91. The molecule has 4 rings (SSSR count). The minimum Gasteiger partial charge on any atom is -0.479 e. The van der Waals surface area contributed by atoms with Gasteiger partial charge in [0, 0.05) is 24.7 Å². The number of benzene rings is 2. The van der Waals surface area contributed by atoms with Crippen LogP contribution in [0.2, 0.25) is 0 Å². The molecule has 34 heavy (non-hydrogen) atoms. The Kier molecular flexibility index (Phi) is 6.84. The predicted octanol–water partition coefficient (Wildman–Crippen LogP) is 3.21. The zero-order chi connectivity index (χ0) is 24.1. The molecule has 0 bridgehead atoms. The Balaban J connectivity index is 1.33. The average Bonchev–Trinajstić information content (AvgIpc) is 3.18. The summed E-state index contributed by atoms with van der Waals surface area (Å²) in [5.41, 5.74) is 5.22. The summed E-state index contributed by atoms with van der Waals surface area (Å²) < 4.78 is 5.50. The van der Waals surface area contributed by atoms with Crippen molar-refractivity contribution in [1.82, 2.24) is 15.4 Å². The molecule has 0 radical (unpaired) electrons. The second-order valence-corrected chi connectivity index (χ2v) is 7.68. The standard InChI is InChI=1S/C25H23N3O6/c1-28(34-15-23(29)30)24(31)16-10-11-26-17(12-16)13-27-25(32)33-14-22-20-8-4-2-6-18(20)19-7-3-5-9-21(19)22/h2-12,22H,13-15H2,1H3,(H,27,32)(H,29,30). The van der Waals surface area contributed by atoms with E-state index in [1.165, 1.54) is 25.4 Å². The molecule has 1 aliphatic carbocycles. The van der Waals surface area contributed by atoms with Gasteiger partial charge in [-0.2, -0.15) is 0 Å². The van der Waals surface area contributed by atoms with Crippen LogP contribution in [0, 0.1) is 0 Å². The molecule has 2 amide bonds. The number of aromatic nitrogens is 1. The summed E-state index contributed by atoms with van der Waals surface area (Å²) in [4.78, 5) is 44.3. The number of hydrogen-bond acceptors (Lipinski definition) is 6. The Morgan fingerprint density at radius 2 is 1.68 bits per heavy atom. The van der Waals surface area contributed by atoms with Gasteiger partial charge in [-0.1, -0.05) is 48.5 Å². The Morgan fingerprint density at radius 3 is 2.32 bits per heavy atom. The molecule has 0 aliphatic heterocycles. The van der Waals surface area contributed by atoms with Gasteiger partial charge >= 0.3 is 12.1 Å². The van der Waals surface area contributed by atoms with Crippen LogP contribution in [0.1, 0.15) is 33.1 Å². The molecule has 1 heterocycles. The van der Waals surface area contributed by atoms with E-state index in [0.717, 1.165) is 27.3 Å². The number of pyridine rings is 1. The molecular weight excluding hydrogens is 438 g/mol. The smallest absolute Gasteiger partial charge is 0.407 e. The molecule has 2 N–H and O–H groups in total. The van der Waals surface area contributed by atoms with Crippen LogP contribution in [0.5, 0.6) is 0 Å². The van der Waals surface area contributed by atoms with Gasteiger partial charge in [0.1, 0.15) is 6.61 Å². The topological polar surface area (TPSA) is 118 Å². The minimum atomic E-state index is -1.19. The monoisotopic (exact) mass is 461 g/mol. The highest BCUT2D eigenvalue weighted by atomic mass is 16.7. The van der Waals surface area contributed by atoms with E-state index in [0.29, 0.717) is 5.69 Å². The number of carboxylic acid groups (broad SMARTS) is 1. The first-order chi connectivity index (χ1) is 16.4. The summed E-state index contributed by atoms with van der Waals surface area (Å²) in [6.45, 7) is -0.390. The van der Waals surface area contributed by atoms with Crippen LogP contribution in [-0.2, 0) is 20.9 Å². The maximum Gasteiger partial charge on any atom is 0.407 e. The first-order valence-electron chi connectivity index (χ1n) is 10.6. The predicted molar refractivity (Wildman–Crippen MR) is 122 cm³/mol. The first kappa shape index (κ1) is 22.9. The van der Waals surface area contributed by atoms with Crippen molar-refractivity contribution in [2.45, 2.75) is 12.5 Å². The molecule has 0 saturated heterocycles. The molecule has 0 spiro atoms. The number of rotatable bonds is 8. The molecular formula is C25H23N3O6. The quantitative estimate of drug-likeness (QED) is 0.495. The van der Waals surface area contributed by atoms with Crippen LogP contribution in [-0.4, -0.2) is 53.4 Å². The lowest BCUT2D eigenvalue weighted by molar-refractivity contribution is -0.159. The fraction of sp³-hybridized carbons (Fsp3) is 0.200. The van der Waals surface area contributed by atoms with Gasteiger partial charge in [-0.3, -0.25) is 14.6 Å². The van der Waals surface area contributed by atoms with Gasteiger partial charge < -0.3 is 15.2 Å². The van der Waals surface area contributed by atoms with Gasteiger partial charge in [0.25, 0.3) is 5.91 Å². The van der Waals surface area contributed by atoms with Crippen molar-refractivity contribution >= 4 is 18.0 Å². The van der Waals surface area contributed by atoms with Crippen LogP contribution in [0.15, 0.2) is 66.9 Å². The third kappa shape index (κ3) is 5.05. The molecule has 2 aromatic carbocycles. The molecule has 1 aliphatic rings. The van der Waals surface area contributed by atoms with Crippen LogP contribution in [0.3, 0.4) is 0 Å². The van der Waals surface area contributed by atoms with E-state index in [-0.39, 0.29) is 24.6 Å². The molecule has 0 atom stereocenters. The number of hydroxylamine groups is 2. The SMILES string of the molecule is CN(OCC(=O)O)C(=O)c1ccnc(CNC(=O)OCC2c3ccccc3-c3ccccc32)c1. The number of hydrogen-bond donors (Lipinski definition) is 2. The number of carboxylic acids is 1. The first-order valence-corrected chi connectivity index (χ1v) is 10.6. The lowest BCUT2D eigenvalue weighted by Gasteiger charge is -2.16. The maximum absolute atomic E-state index is 12.4. The number of aliphatic carboxylic acids is 1. The molecule has 3 aromatic rings. The van der Waals surface area contributed by atoms with Crippen molar-refractivity contribution in [3.05, 3.63) is 89.2 Å². The van der Waals surface area contributed by atoms with E-state index in [2.05, 4.69) is 22.4 Å². The van der Waals surface area contributed by atoms with Gasteiger partial charge in [0.05, 0.1) is 12.2 Å². The van der Waals surface area contributed by atoms with Crippen LogP contribution in [0.4, 0.5) is 4.79 Å². The molecule has 174 valence electrons. The number of amides is 2. The van der Waals surface area contributed by atoms with E-state index in [4.69, 9.17) is 14.7 Å². The number of alkyl carbamates (subject to hydrolysis) is 1. The van der Waals surface area contributed by atoms with E-state index in [9.17, 15) is 14.4 Å². The Bertz CT molecular complexity index is 1180. The third-order valence-electron chi connectivity index (χ3n) is 5.49. The zero-order valence-electron chi connectivity index (χ0n) is 18.4. The zero-order valence-corrected chi connectivity index (χ0v) is 18.4. The van der Waals surface area contributed by atoms with Crippen LogP contribution < -0.4 is 5.32 Å². The number of nitrogens with zero attached hydrogens (tertiary/aromatic N) is 2. The summed E-state index contributed by atoms with van der Waals surface area (Å²) in [6.07, 6.45) is 0.829. The number of fused-ring (bicyclic) bond motifs is 3. The fourth-order valence-electron chi connectivity index (χ4n) is 3.91. The molecule has 0 unspecified atom stereocenters. The second kappa shape index (κ2) is 10.1. The normalized spacial score (nSPS) is 11.9. The van der Waals surface area contributed by atoms with Gasteiger partial charge in [0.15, 0.2) is 6.61 Å². The van der Waals surface area contributed by atoms with Crippen molar-refractivity contribution in [3.8, 4) is 11.1 Å². The summed E-state index contributed by atoms with van der Waals surface area (Å²) in [6, 6.07) is 19.1. The second-order valence-electron chi connectivity index (χ2n) is 7.68. The van der Waals surface area contributed by atoms with E-state index >= 15 is 0 Å². The highest BCUT2D eigenvalue weighted by Crippen LogP contribution is 2.44. The molecule has 1 aromatic heterocycles. The van der Waals surface area contributed by atoms with Gasteiger partial charge in [-0.25, -0.2) is 14.7 Å². The van der Waals surface area contributed by atoms with Crippen molar-refractivity contribution in [1.29, 1.82) is 0 Å². The average molecular weight is 461 g/mol. The van der Waals surface area contributed by atoms with Crippen molar-refractivity contribution < 1.29 is 29.1 Å². The summed E-state index contributed by atoms with van der Waals surface area (Å²) in [5.74, 6) is -1.77. The van der Waals surface area contributed by atoms with Gasteiger partial charge in [0.2, 0.25) is 0 Å². The largest absolute Gasteiger partial charge is 0.479 e. The van der Waals surface area contributed by atoms with E-state index < -0.39 is 24.6 Å². The van der Waals surface area contributed by atoms with Crippen molar-refractivity contribution in [2.24, 2.45) is 0 Å². The summed E-state index contributed by atoms with van der Waals surface area (Å²) in [5, 5.41) is 12.2. The number of ether oxygens (including phenoxy) is 1. The van der Waals surface area contributed by atoms with Gasteiger partial charge in [-0.15, -0.1) is 0 Å². The van der Waals surface area contributed by atoms with Crippen LogP contribution >= 0.6 is 0 Å². The Labute approximate surface area is 195 Å². The minimum absolute atomic E-state index is 0.0430. The third-order valence-corrected chi connectivity index (χ3v) is 5.49. The Morgan fingerprint density at radius 1 is 1.03 bits per heavy atom. The molecule has 0 saturated carbocycles. The Hall–Kier alpha value is -4.24. The number of carbonyl (C=O) groups excluding carboxylic acids is 2. The van der Waals surface area contributed by atoms with Crippen molar-refractivity contribution in [3.63, 3.8) is 0 Å². The molecule has 9 nitrogen and oxygen atoms in total. The van der Waals surface area contributed by atoms with Crippen molar-refractivity contribution in [2.75, 3.05) is 20.3 Å². The summed E-state index contributed by atoms with van der Waals surface area (Å²) in [7, 11) is 1.32.